The maximum absolute atomic E-state index is 12.6. The Hall–Kier alpha value is -2.17. The molecule has 1 saturated heterocycles. The van der Waals surface area contributed by atoms with Gasteiger partial charge >= 0.3 is 0 Å². The van der Waals surface area contributed by atoms with Crippen LogP contribution in [0.15, 0.2) is 21.6 Å². The number of rotatable bonds is 7. The molecule has 1 fully saturated rings. The predicted octanol–water partition coefficient (Wildman–Crippen LogP) is 1.16. The van der Waals surface area contributed by atoms with Crippen LogP contribution in [-0.2, 0) is 14.8 Å². The lowest BCUT2D eigenvalue weighted by molar-refractivity contribution is -0.121. The average molecular weight is 410 g/mol. The molecule has 0 aromatic carbocycles. The van der Waals surface area contributed by atoms with E-state index in [4.69, 9.17) is 4.42 Å². The summed E-state index contributed by atoms with van der Waals surface area (Å²) in [5.41, 5.74) is 2.43. The molecule has 0 aliphatic carbocycles. The van der Waals surface area contributed by atoms with Crippen LogP contribution in [-0.4, -0.2) is 62.1 Å². The fourth-order valence-corrected chi connectivity index (χ4v) is 4.49. The highest BCUT2D eigenvalue weighted by atomic mass is 32.2. The van der Waals surface area contributed by atoms with E-state index in [2.05, 4.69) is 25.1 Å². The summed E-state index contributed by atoms with van der Waals surface area (Å²) >= 11 is 0. The minimum atomic E-state index is -3.77. The van der Waals surface area contributed by atoms with Gasteiger partial charge in [0.1, 0.15) is 5.69 Å². The van der Waals surface area contributed by atoms with Gasteiger partial charge in [-0.2, -0.15) is 5.10 Å². The van der Waals surface area contributed by atoms with Crippen molar-refractivity contribution in [3.63, 3.8) is 0 Å². The van der Waals surface area contributed by atoms with Crippen LogP contribution in [0.25, 0.3) is 11.5 Å². The van der Waals surface area contributed by atoms with Gasteiger partial charge in [0.2, 0.25) is 11.0 Å². The Morgan fingerprint density at radius 3 is 2.68 bits per heavy atom. The molecule has 0 spiro atoms. The zero-order valence-electron chi connectivity index (χ0n) is 16.6. The third-order valence-corrected chi connectivity index (χ3v) is 6.82. The van der Waals surface area contributed by atoms with Gasteiger partial charge in [-0.05, 0) is 45.9 Å². The number of aromatic amines is 1. The van der Waals surface area contributed by atoms with Crippen LogP contribution in [0.3, 0.4) is 0 Å². The number of H-pyrrole nitrogens is 1. The molecule has 0 unspecified atom stereocenters. The molecule has 3 heterocycles. The second kappa shape index (κ2) is 8.06. The molecule has 2 aromatic rings. The third-order valence-electron chi connectivity index (χ3n) is 5.53. The Morgan fingerprint density at radius 1 is 1.32 bits per heavy atom. The van der Waals surface area contributed by atoms with Gasteiger partial charge < -0.3 is 9.73 Å². The molecular weight excluding hydrogens is 382 g/mol. The molecule has 28 heavy (non-hydrogen) atoms. The number of furan rings is 1. The number of sulfonamides is 1. The zero-order valence-corrected chi connectivity index (χ0v) is 17.4. The molecule has 0 saturated carbocycles. The second-order valence-corrected chi connectivity index (χ2v) is 8.92. The van der Waals surface area contributed by atoms with Gasteiger partial charge in [-0.3, -0.25) is 14.8 Å². The second-order valence-electron chi connectivity index (χ2n) is 7.22. The number of aromatic nitrogens is 2. The zero-order chi connectivity index (χ0) is 20.5. The van der Waals surface area contributed by atoms with Gasteiger partial charge in [-0.25, -0.2) is 13.1 Å². The van der Waals surface area contributed by atoms with Crippen molar-refractivity contribution in [2.45, 2.75) is 50.3 Å². The summed E-state index contributed by atoms with van der Waals surface area (Å²) in [5, 5.41) is 9.52. The summed E-state index contributed by atoms with van der Waals surface area (Å²) in [5.74, 6) is 0.399. The number of likely N-dealkylation sites (N-methyl/N-ethyl adjacent to an activating group) is 1. The first-order valence-corrected chi connectivity index (χ1v) is 10.7. The van der Waals surface area contributed by atoms with Crippen molar-refractivity contribution >= 4 is 15.9 Å². The maximum atomic E-state index is 12.6. The molecule has 0 radical (unpaired) electrons. The van der Waals surface area contributed by atoms with Crippen molar-refractivity contribution in [2.75, 3.05) is 20.6 Å². The van der Waals surface area contributed by atoms with E-state index in [0.29, 0.717) is 17.9 Å². The molecule has 0 bridgehead atoms. The van der Waals surface area contributed by atoms with Gasteiger partial charge in [0.25, 0.3) is 10.0 Å². The Kier molecular flexibility index (Phi) is 5.92. The quantitative estimate of drug-likeness (QED) is 0.631. The van der Waals surface area contributed by atoms with E-state index >= 15 is 0 Å². The molecule has 10 heteroatoms. The summed E-state index contributed by atoms with van der Waals surface area (Å²) in [6.45, 7) is 4.05. The Bertz CT molecular complexity index is 949. The average Bonchev–Trinajstić information content (AvgIpc) is 3.36. The fourth-order valence-electron chi connectivity index (χ4n) is 3.49. The molecule has 9 nitrogen and oxygen atoms in total. The number of aryl methyl sites for hydroxylation is 1. The number of carbonyl (C=O) groups is 1. The van der Waals surface area contributed by atoms with Crippen molar-refractivity contribution < 1.29 is 17.6 Å². The van der Waals surface area contributed by atoms with Crippen molar-refractivity contribution in [1.82, 2.24) is 25.1 Å². The van der Waals surface area contributed by atoms with E-state index in [1.807, 2.05) is 20.9 Å². The van der Waals surface area contributed by atoms with Gasteiger partial charge in [0.15, 0.2) is 5.76 Å². The van der Waals surface area contributed by atoms with E-state index in [9.17, 15) is 13.2 Å². The predicted molar refractivity (Wildman–Crippen MR) is 104 cm³/mol. The minimum absolute atomic E-state index is 0.00917. The standard InChI is InChI=1S/C18H27N5O4S/c1-11-12(2)21-22-18(11)15-7-8-17(27-15)28(25,26)20-10-14-6-5-13(23(14)4)9-16(24)19-3/h7-8,13-14,20H,5-6,9-10H2,1-4H3,(H,19,24)(H,21,22)/t13-,14+/m1/s1. The molecule has 2 atom stereocenters. The number of nitrogens with zero attached hydrogens (tertiary/aromatic N) is 2. The highest BCUT2D eigenvalue weighted by Crippen LogP contribution is 2.27. The summed E-state index contributed by atoms with van der Waals surface area (Å²) in [7, 11) is -0.229. The van der Waals surface area contributed by atoms with Gasteiger partial charge in [0.05, 0.1) is 0 Å². The monoisotopic (exact) mass is 409 g/mol. The number of amides is 1. The lowest BCUT2D eigenvalue weighted by Crippen LogP contribution is -2.42. The van der Waals surface area contributed by atoms with Gasteiger partial charge in [-0.15, -0.1) is 0 Å². The minimum Gasteiger partial charge on any atom is -0.442 e. The Labute approximate surface area is 164 Å². The lowest BCUT2D eigenvalue weighted by atomic mass is 10.1. The molecule has 154 valence electrons. The van der Waals surface area contributed by atoms with Crippen molar-refractivity contribution in [3.05, 3.63) is 23.4 Å². The van der Waals surface area contributed by atoms with E-state index in [1.165, 1.54) is 6.07 Å². The van der Waals surface area contributed by atoms with Crippen LogP contribution in [0.4, 0.5) is 0 Å². The first kappa shape index (κ1) is 20.6. The van der Waals surface area contributed by atoms with Crippen LogP contribution >= 0.6 is 0 Å². The summed E-state index contributed by atoms with van der Waals surface area (Å²) < 4.78 is 33.4. The molecular formula is C18H27N5O4S. The molecule has 3 rings (SSSR count). The van der Waals surface area contributed by atoms with Crippen LogP contribution in [0, 0.1) is 13.8 Å². The number of nitrogens with one attached hydrogen (secondary N) is 3. The first-order valence-electron chi connectivity index (χ1n) is 9.27. The van der Waals surface area contributed by atoms with Crippen LogP contribution in [0.2, 0.25) is 0 Å². The van der Waals surface area contributed by atoms with Crippen molar-refractivity contribution in [1.29, 1.82) is 0 Å². The normalized spacial score (nSPS) is 20.6. The number of hydrogen-bond donors (Lipinski definition) is 3. The fraction of sp³-hybridized carbons (Fsp3) is 0.556. The number of likely N-dealkylation sites (tertiary alicyclic amines) is 1. The molecule has 1 aliphatic rings. The SMILES string of the molecule is CNC(=O)C[C@H]1CC[C@@H](CNS(=O)(=O)c2ccc(-c3n[nH]c(C)c3C)o2)N1C. The van der Waals surface area contributed by atoms with E-state index in [1.54, 1.807) is 13.1 Å². The third kappa shape index (κ3) is 4.13. The highest BCUT2D eigenvalue weighted by Gasteiger charge is 2.32. The Morgan fingerprint density at radius 2 is 2.04 bits per heavy atom. The van der Waals surface area contributed by atoms with Gasteiger partial charge in [0, 0.05) is 43.4 Å². The van der Waals surface area contributed by atoms with Crippen molar-refractivity contribution in [2.24, 2.45) is 0 Å². The molecule has 2 aromatic heterocycles. The Balaban J connectivity index is 1.63. The maximum Gasteiger partial charge on any atom is 0.274 e. The summed E-state index contributed by atoms with van der Waals surface area (Å²) in [6.07, 6.45) is 2.11. The smallest absolute Gasteiger partial charge is 0.274 e. The lowest BCUT2D eigenvalue weighted by Gasteiger charge is -2.25. The molecule has 1 amide bonds. The number of hydrogen-bond acceptors (Lipinski definition) is 6. The topological polar surface area (TPSA) is 120 Å². The van der Waals surface area contributed by atoms with Crippen molar-refractivity contribution in [3.8, 4) is 11.5 Å². The van der Waals surface area contributed by atoms with Crippen LogP contribution in [0.1, 0.15) is 30.5 Å². The van der Waals surface area contributed by atoms with Crippen LogP contribution < -0.4 is 10.0 Å². The van der Waals surface area contributed by atoms with E-state index < -0.39 is 10.0 Å². The first-order chi connectivity index (χ1) is 13.2. The summed E-state index contributed by atoms with van der Waals surface area (Å²) in [6, 6.07) is 3.21. The highest BCUT2D eigenvalue weighted by molar-refractivity contribution is 7.89. The largest absolute Gasteiger partial charge is 0.442 e. The van der Waals surface area contributed by atoms with Gasteiger partial charge in [-0.1, -0.05) is 0 Å². The molecule has 1 aliphatic heterocycles. The molecule has 3 N–H and O–H groups in total. The number of carbonyl (C=O) groups excluding carboxylic acids is 1. The van der Waals surface area contributed by atoms with E-state index in [0.717, 1.165) is 24.1 Å². The van der Waals surface area contributed by atoms with E-state index in [-0.39, 0.29) is 29.6 Å². The van der Waals surface area contributed by atoms with Crippen LogP contribution in [0.5, 0.6) is 0 Å². The summed E-state index contributed by atoms with van der Waals surface area (Å²) in [4.78, 5) is 13.7.